The van der Waals surface area contributed by atoms with Crippen LogP contribution in [0.25, 0.3) is 22.0 Å². The van der Waals surface area contributed by atoms with E-state index in [0.29, 0.717) is 18.1 Å². The Morgan fingerprint density at radius 3 is 2.03 bits per heavy atom. The number of ether oxygens (including phenoxy) is 1. The van der Waals surface area contributed by atoms with E-state index in [1.165, 1.54) is 30.3 Å². The van der Waals surface area contributed by atoms with Crippen LogP contribution in [0.15, 0.2) is 40.1 Å². The molecule has 0 aliphatic carbocycles. The Labute approximate surface area is 181 Å². The van der Waals surface area contributed by atoms with E-state index in [1.807, 2.05) is 13.8 Å². The number of rotatable bonds is 5. The van der Waals surface area contributed by atoms with E-state index in [9.17, 15) is 25.6 Å². The number of alkyl halides is 2. The van der Waals surface area contributed by atoms with Crippen LogP contribution in [0.5, 0.6) is 5.88 Å². The molecule has 0 spiro atoms. The molecule has 3 aromatic rings. The SMILES string of the molecule is CC.Cc1cc(-c2c(S(C)(=O)=O)ccc3[nH]nc(OC(C)(F)F)c23)ccc1S(C)(=O)=O.[HH]. The zero-order chi connectivity index (χ0) is 23.8. The highest BCUT2D eigenvalue weighted by molar-refractivity contribution is 7.91. The van der Waals surface area contributed by atoms with Gasteiger partial charge in [-0.2, -0.15) is 8.78 Å². The number of fused-ring (bicyclic) bond motifs is 1. The molecule has 7 nitrogen and oxygen atoms in total. The third-order valence-electron chi connectivity index (χ3n) is 4.20. The van der Waals surface area contributed by atoms with Gasteiger partial charge in [0.05, 0.1) is 20.7 Å². The van der Waals surface area contributed by atoms with Crippen molar-refractivity contribution in [1.82, 2.24) is 10.2 Å². The minimum atomic E-state index is -3.77. The minimum Gasteiger partial charge on any atom is -0.413 e. The van der Waals surface area contributed by atoms with Gasteiger partial charge in [-0.05, 0) is 36.2 Å². The van der Waals surface area contributed by atoms with Crippen molar-refractivity contribution in [2.45, 2.75) is 43.6 Å². The fourth-order valence-corrected chi connectivity index (χ4v) is 4.99. The summed E-state index contributed by atoms with van der Waals surface area (Å²) in [6.07, 6.45) is -1.50. The second-order valence-electron chi connectivity index (χ2n) is 6.82. The van der Waals surface area contributed by atoms with E-state index in [1.54, 1.807) is 6.92 Å². The van der Waals surface area contributed by atoms with Gasteiger partial charge in [0.25, 0.3) is 0 Å². The Balaban J connectivity index is 0.00000166. The van der Waals surface area contributed by atoms with Crippen molar-refractivity contribution in [3.63, 3.8) is 0 Å². The summed E-state index contributed by atoms with van der Waals surface area (Å²) in [5.41, 5.74) is 1.09. The van der Waals surface area contributed by atoms with Crippen molar-refractivity contribution in [2.24, 2.45) is 0 Å². The number of benzene rings is 2. The average Bonchev–Trinajstić information content (AvgIpc) is 3.02. The molecule has 0 bridgehead atoms. The molecule has 0 atom stereocenters. The van der Waals surface area contributed by atoms with Crippen molar-refractivity contribution in [1.29, 1.82) is 0 Å². The molecule has 0 saturated carbocycles. The predicted molar refractivity (Wildman–Crippen MR) is 117 cm³/mol. The highest BCUT2D eigenvalue weighted by Crippen LogP contribution is 2.40. The maximum Gasteiger partial charge on any atom is 0.396 e. The largest absolute Gasteiger partial charge is 0.413 e. The second kappa shape index (κ2) is 8.54. The van der Waals surface area contributed by atoms with Gasteiger partial charge in [0, 0.05) is 26.4 Å². The third-order valence-corrected chi connectivity index (χ3v) is 6.59. The van der Waals surface area contributed by atoms with Crippen LogP contribution in [0.1, 0.15) is 27.8 Å². The molecule has 0 unspecified atom stereocenters. The number of hydrogen-bond acceptors (Lipinski definition) is 6. The Morgan fingerprint density at radius 2 is 1.55 bits per heavy atom. The quantitative estimate of drug-likeness (QED) is 0.576. The van der Waals surface area contributed by atoms with Gasteiger partial charge in [-0.1, -0.05) is 26.0 Å². The molecular weight excluding hydrogens is 450 g/mol. The number of hydrogen-bond donors (Lipinski definition) is 1. The lowest BCUT2D eigenvalue weighted by atomic mass is 10.00. The lowest BCUT2D eigenvalue weighted by Gasteiger charge is -2.15. The molecule has 0 fully saturated rings. The van der Waals surface area contributed by atoms with Crippen LogP contribution in [0, 0.1) is 6.92 Å². The summed E-state index contributed by atoms with van der Waals surface area (Å²) in [7, 11) is -7.26. The molecule has 31 heavy (non-hydrogen) atoms. The van der Waals surface area contributed by atoms with Gasteiger partial charge in [0.15, 0.2) is 19.7 Å². The molecule has 0 aliphatic heterocycles. The highest BCUT2D eigenvalue weighted by atomic mass is 32.2. The molecule has 1 aromatic heterocycles. The zero-order valence-electron chi connectivity index (χ0n) is 17.9. The molecule has 1 N–H and O–H groups in total. The normalized spacial score (nSPS) is 12.4. The van der Waals surface area contributed by atoms with Crippen LogP contribution < -0.4 is 4.74 Å². The molecule has 0 radical (unpaired) electrons. The number of sulfone groups is 2. The maximum atomic E-state index is 13.5. The van der Waals surface area contributed by atoms with Crippen molar-refractivity contribution in [2.75, 3.05) is 12.5 Å². The van der Waals surface area contributed by atoms with Gasteiger partial charge in [-0.3, -0.25) is 5.10 Å². The molecule has 172 valence electrons. The summed E-state index contributed by atoms with van der Waals surface area (Å²) in [4.78, 5) is -0.0414. The van der Waals surface area contributed by atoms with Crippen LogP contribution >= 0.6 is 0 Å². The summed E-state index contributed by atoms with van der Waals surface area (Å²) < 4.78 is 80.1. The van der Waals surface area contributed by atoms with E-state index >= 15 is 0 Å². The van der Waals surface area contributed by atoms with E-state index in [2.05, 4.69) is 14.9 Å². The van der Waals surface area contributed by atoms with E-state index < -0.39 is 31.7 Å². The third kappa shape index (κ3) is 5.40. The summed E-state index contributed by atoms with van der Waals surface area (Å²) in [6, 6.07) is 6.99. The minimum absolute atomic E-state index is 0. The average molecular weight is 477 g/mol. The number of H-pyrrole nitrogens is 1. The zero-order valence-corrected chi connectivity index (χ0v) is 19.6. The lowest BCUT2D eigenvalue weighted by molar-refractivity contribution is -0.160. The number of halogens is 2. The molecule has 2 aromatic carbocycles. The van der Waals surface area contributed by atoms with Gasteiger partial charge >= 0.3 is 6.11 Å². The standard InChI is InChI=1S/C18H18F2N2O5S2.C2H6.H2/c1-10-9-11(5-7-13(10)28(3,23)24)15-14(29(4,25)26)8-6-12-16(15)17(22-21-12)27-18(2,19)20;1-2;/h5-9H,1-4H3,(H,21,22);1-2H3;1H. The van der Waals surface area contributed by atoms with Crippen LogP contribution in [-0.4, -0.2) is 45.7 Å². The topological polar surface area (TPSA) is 106 Å². The molecule has 11 heteroatoms. The molecule has 0 amide bonds. The van der Waals surface area contributed by atoms with Crippen molar-refractivity contribution >= 4 is 30.6 Å². The second-order valence-corrected chi connectivity index (χ2v) is 10.8. The predicted octanol–water partition coefficient (Wildman–Crippen LogP) is 4.61. The summed E-state index contributed by atoms with van der Waals surface area (Å²) >= 11 is 0. The monoisotopic (exact) mass is 476 g/mol. The summed E-state index contributed by atoms with van der Waals surface area (Å²) in [5, 5.41) is 6.36. The van der Waals surface area contributed by atoms with Crippen LogP contribution in [-0.2, 0) is 19.7 Å². The van der Waals surface area contributed by atoms with Gasteiger partial charge in [-0.25, -0.2) is 16.8 Å². The molecule has 3 rings (SSSR count). The number of nitrogens with zero attached hydrogens (tertiary/aromatic N) is 1. The van der Waals surface area contributed by atoms with Crippen molar-refractivity contribution < 1.29 is 31.8 Å². The van der Waals surface area contributed by atoms with E-state index in [-0.39, 0.29) is 27.7 Å². The fourth-order valence-electron chi connectivity index (χ4n) is 3.13. The van der Waals surface area contributed by atoms with E-state index in [4.69, 9.17) is 0 Å². The number of aryl methyl sites for hydroxylation is 1. The van der Waals surface area contributed by atoms with Gasteiger partial charge in [0.2, 0.25) is 5.88 Å². The highest BCUT2D eigenvalue weighted by Gasteiger charge is 2.29. The first-order valence-electron chi connectivity index (χ1n) is 9.27. The Kier molecular flexibility index (Phi) is 6.82. The Bertz CT molecular complexity index is 1330. The number of aromatic amines is 1. The fraction of sp³-hybridized carbons (Fsp3) is 0.350. The first kappa shape index (κ1) is 24.7. The Morgan fingerprint density at radius 1 is 1.00 bits per heavy atom. The molecule has 0 saturated heterocycles. The number of nitrogens with one attached hydrogen (secondary N) is 1. The molecular formula is C20H26F2N2O5S2. The van der Waals surface area contributed by atoms with Gasteiger partial charge in [0.1, 0.15) is 0 Å². The first-order chi connectivity index (χ1) is 14.2. The van der Waals surface area contributed by atoms with Crippen LogP contribution in [0.4, 0.5) is 8.78 Å². The van der Waals surface area contributed by atoms with Crippen LogP contribution in [0.3, 0.4) is 0 Å². The van der Waals surface area contributed by atoms with Crippen LogP contribution in [0.2, 0.25) is 0 Å². The molecule has 1 heterocycles. The lowest BCUT2D eigenvalue weighted by Crippen LogP contribution is -2.19. The molecule has 0 aliphatic rings. The summed E-state index contributed by atoms with van der Waals surface area (Å²) in [5.74, 6) is -0.460. The first-order valence-corrected chi connectivity index (χ1v) is 13.1. The van der Waals surface area contributed by atoms with Crippen molar-refractivity contribution in [3.8, 4) is 17.0 Å². The maximum absolute atomic E-state index is 13.5. The number of aromatic nitrogens is 2. The van der Waals surface area contributed by atoms with Gasteiger partial charge in [-0.15, -0.1) is 5.10 Å². The van der Waals surface area contributed by atoms with Gasteiger partial charge < -0.3 is 4.74 Å². The summed E-state index contributed by atoms with van der Waals surface area (Å²) in [6.45, 7) is 6.10. The van der Waals surface area contributed by atoms with Crippen molar-refractivity contribution in [3.05, 3.63) is 35.9 Å². The van der Waals surface area contributed by atoms with E-state index in [0.717, 1.165) is 12.5 Å². The smallest absolute Gasteiger partial charge is 0.396 e. The Hall–Kier alpha value is -2.53.